The van der Waals surface area contributed by atoms with Crippen molar-refractivity contribution in [1.82, 2.24) is 4.98 Å². The molecule has 0 unspecified atom stereocenters. The van der Waals surface area contributed by atoms with Crippen LogP contribution in [0.1, 0.15) is 12.1 Å². The van der Waals surface area contributed by atoms with Crippen LogP contribution in [0.5, 0.6) is 0 Å². The third kappa shape index (κ3) is 4.09. The molecule has 1 amide bonds. The molecule has 1 rings (SSSR count). The van der Waals surface area contributed by atoms with Crippen LogP contribution in [0, 0.1) is 0 Å². The molecule has 0 spiro atoms. The molecule has 0 radical (unpaired) electrons. The largest absolute Gasteiger partial charge is 0.481 e. The predicted octanol–water partition coefficient (Wildman–Crippen LogP) is 1.51. The van der Waals surface area contributed by atoms with E-state index in [1.165, 1.54) is 0 Å². The van der Waals surface area contributed by atoms with Crippen molar-refractivity contribution in [3.63, 3.8) is 0 Å². The summed E-state index contributed by atoms with van der Waals surface area (Å²) in [6.45, 7) is 0. The van der Waals surface area contributed by atoms with E-state index in [4.69, 9.17) is 5.11 Å². The number of amides is 1. The number of aromatic nitrogens is 1. The van der Waals surface area contributed by atoms with Gasteiger partial charge in [-0.2, -0.15) is 13.2 Å². The Morgan fingerprint density at radius 1 is 1.35 bits per heavy atom. The number of hydrogen-bond donors (Lipinski definition) is 2. The van der Waals surface area contributed by atoms with Gasteiger partial charge in [0.25, 0.3) is 0 Å². The van der Waals surface area contributed by atoms with Crippen LogP contribution in [-0.4, -0.2) is 22.0 Å². The van der Waals surface area contributed by atoms with E-state index >= 15 is 0 Å². The Kier molecular flexibility index (Phi) is 3.66. The van der Waals surface area contributed by atoms with E-state index in [2.05, 4.69) is 10.3 Å². The van der Waals surface area contributed by atoms with Gasteiger partial charge in [-0.15, -0.1) is 0 Å². The lowest BCUT2D eigenvalue weighted by Gasteiger charge is -2.07. The molecule has 2 N–H and O–H groups in total. The van der Waals surface area contributed by atoms with Crippen molar-refractivity contribution in [3.05, 3.63) is 24.0 Å². The monoisotopic (exact) mass is 248 g/mol. The SMILES string of the molecule is O=C(O)CC(=O)Nc1ccc(C(F)(F)F)nc1. The Balaban J connectivity index is 2.69. The Hall–Kier alpha value is -2.12. The van der Waals surface area contributed by atoms with E-state index in [1.54, 1.807) is 0 Å². The second-order valence-corrected chi connectivity index (χ2v) is 3.05. The zero-order valence-electron chi connectivity index (χ0n) is 8.28. The molecule has 1 aromatic rings. The number of halogens is 3. The quantitative estimate of drug-likeness (QED) is 0.794. The standard InChI is InChI=1S/C9H7F3N2O3/c10-9(11,12)6-2-1-5(4-13-6)14-7(15)3-8(16)17/h1-2,4H,3H2,(H,14,15)(H,16,17). The molecule has 0 saturated carbocycles. The minimum Gasteiger partial charge on any atom is -0.481 e. The zero-order valence-corrected chi connectivity index (χ0v) is 8.28. The van der Waals surface area contributed by atoms with E-state index in [9.17, 15) is 22.8 Å². The summed E-state index contributed by atoms with van der Waals surface area (Å²) in [6, 6.07) is 1.69. The number of nitrogens with zero attached hydrogens (tertiary/aromatic N) is 1. The van der Waals surface area contributed by atoms with Gasteiger partial charge in [0.15, 0.2) is 0 Å². The summed E-state index contributed by atoms with van der Waals surface area (Å²) in [5, 5.41) is 10.4. The number of rotatable bonds is 3. The first-order chi connectivity index (χ1) is 7.79. The number of anilines is 1. The third-order valence-corrected chi connectivity index (χ3v) is 1.65. The summed E-state index contributed by atoms with van der Waals surface area (Å²) in [5.74, 6) is -2.17. The molecule has 92 valence electrons. The van der Waals surface area contributed by atoms with Crippen molar-refractivity contribution in [1.29, 1.82) is 0 Å². The maximum Gasteiger partial charge on any atom is 0.433 e. The van der Waals surface area contributed by atoms with Crippen LogP contribution >= 0.6 is 0 Å². The lowest BCUT2D eigenvalue weighted by molar-refractivity contribution is -0.141. The van der Waals surface area contributed by atoms with Crippen LogP contribution < -0.4 is 5.32 Å². The molecule has 0 aromatic carbocycles. The number of pyridine rings is 1. The Morgan fingerprint density at radius 2 is 2.00 bits per heavy atom. The Labute approximate surface area is 93.3 Å². The molecular weight excluding hydrogens is 241 g/mol. The van der Waals surface area contributed by atoms with Gasteiger partial charge in [-0.25, -0.2) is 4.98 Å². The molecule has 1 aromatic heterocycles. The van der Waals surface area contributed by atoms with Crippen molar-refractivity contribution >= 4 is 17.6 Å². The summed E-state index contributed by atoms with van der Waals surface area (Å²) >= 11 is 0. The average Bonchev–Trinajstić information content (AvgIpc) is 2.15. The number of carbonyl (C=O) groups is 2. The highest BCUT2D eigenvalue weighted by Gasteiger charge is 2.32. The van der Waals surface area contributed by atoms with E-state index in [-0.39, 0.29) is 5.69 Å². The van der Waals surface area contributed by atoms with Crippen molar-refractivity contribution < 1.29 is 27.9 Å². The minimum absolute atomic E-state index is 0.00394. The third-order valence-electron chi connectivity index (χ3n) is 1.65. The van der Waals surface area contributed by atoms with Gasteiger partial charge >= 0.3 is 12.1 Å². The molecule has 0 aliphatic carbocycles. The molecule has 8 heteroatoms. The molecule has 0 bridgehead atoms. The molecule has 1 heterocycles. The normalized spacial score (nSPS) is 11.0. The van der Waals surface area contributed by atoms with Gasteiger partial charge in [0.05, 0.1) is 11.9 Å². The van der Waals surface area contributed by atoms with Gasteiger partial charge in [0.2, 0.25) is 5.91 Å². The number of alkyl halides is 3. The van der Waals surface area contributed by atoms with Gasteiger partial charge in [0.1, 0.15) is 12.1 Å². The van der Waals surface area contributed by atoms with Crippen molar-refractivity contribution in [2.24, 2.45) is 0 Å². The number of carbonyl (C=O) groups excluding carboxylic acids is 1. The highest BCUT2D eigenvalue weighted by molar-refractivity contribution is 6.01. The van der Waals surface area contributed by atoms with E-state index < -0.39 is 30.2 Å². The summed E-state index contributed by atoms with van der Waals surface area (Å²) < 4.78 is 36.4. The maximum absolute atomic E-state index is 12.1. The zero-order chi connectivity index (χ0) is 13.1. The van der Waals surface area contributed by atoms with Gasteiger partial charge in [-0.1, -0.05) is 0 Å². The van der Waals surface area contributed by atoms with Crippen LogP contribution in [0.25, 0.3) is 0 Å². The lowest BCUT2D eigenvalue weighted by Crippen LogP contribution is -2.16. The van der Waals surface area contributed by atoms with Crippen LogP contribution in [-0.2, 0) is 15.8 Å². The fraction of sp³-hybridized carbons (Fsp3) is 0.222. The predicted molar refractivity (Wildman–Crippen MR) is 50.1 cm³/mol. The highest BCUT2D eigenvalue weighted by atomic mass is 19.4. The van der Waals surface area contributed by atoms with E-state index in [0.717, 1.165) is 12.3 Å². The lowest BCUT2D eigenvalue weighted by atomic mass is 10.3. The highest BCUT2D eigenvalue weighted by Crippen LogP contribution is 2.27. The number of nitrogens with one attached hydrogen (secondary N) is 1. The van der Waals surface area contributed by atoms with Gasteiger partial charge in [-0.05, 0) is 12.1 Å². The van der Waals surface area contributed by atoms with Gasteiger partial charge < -0.3 is 10.4 Å². The van der Waals surface area contributed by atoms with Gasteiger partial charge in [-0.3, -0.25) is 9.59 Å². The second-order valence-electron chi connectivity index (χ2n) is 3.05. The van der Waals surface area contributed by atoms with Crippen LogP contribution in [0.3, 0.4) is 0 Å². The van der Waals surface area contributed by atoms with Gasteiger partial charge in [0, 0.05) is 0 Å². The van der Waals surface area contributed by atoms with Crippen molar-refractivity contribution in [2.75, 3.05) is 5.32 Å². The maximum atomic E-state index is 12.1. The fourth-order valence-electron chi connectivity index (χ4n) is 0.978. The Bertz CT molecular complexity index is 428. The molecular formula is C9H7F3N2O3. The fourth-order valence-corrected chi connectivity index (χ4v) is 0.978. The molecule has 0 aliphatic rings. The number of aliphatic carboxylic acids is 1. The van der Waals surface area contributed by atoms with Crippen LogP contribution in [0.4, 0.5) is 18.9 Å². The smallest absolute Gasteiger partial charge is 0.433 e. The molecule has 0 aliphatic heterocycles. The number of hydrogen-bond acceptors (Lipinski definition) is 3. The van der Waals surface area contributed by atoms with Crippen LogP contribution in [0.2, 0.25) is 0 Å². The first-order valence-corrected chi connectivity index (χ1v) is 4.34. The average molecular weight is 248 g/mol. The molecule has 17 heavy (non-hydrogen) atoms. The molecule has 5 nitrogen and oxygen atoms in total. The number of carboxylic acids is 1. The summed E-state index contributed by atoms with van der Waals surface area (Å²) in [5.41, 5.74) is -1.09. The molecule has 0 atom stereocenters. The first kappa shape index (κ1) is 12.9. The molecule has 0 saturated heterocycles. The van der Waals surface area contributed by atoms with Crippen molar-refractivity contribution in [3.8, 4) is 0 Å². The Morgan fingerprint density at radius 3 is 2.41 bits per heavy atom. The summed E-state index contributed by atoms with van der Waals surface area (Å²) in [6.07, 6.45) is -4.51. The minimum atomic E-state index is -4.55. The van der Waals surface area contributed by atoms with Crippen LogP contribution in [0.15, 0.2) is 18.3 Å². The summed E-state index contributed by atoms with van der Waals surface area (Å²) in [7, 11) is 0. The van der Waals surface area contributed by atoms with Crippen molar-refractivity contribution in [2.45, 2.75) is 12.6 Å². The molecule has 0 fully saturated rings. The van der Waals surface area contributed by atoms with E-state index in [0.29, 0.717) is 6.07 Å². The first-order valence-electron chi connectivity index (χ1n) is 4.34. The van der Waals surface area contributed by atoms with E-state index in [1.807, 2.05) is 0 Å². The second kappa shape index (κ2) is 4.81. The number of carboxylic acid groups (broad SMARTS) is 1. The topological polar surface area (TPSA) is 79.3 Å². The summed E-state index contributed by atoms with van der Waals surface area (Å²) in [4.78, 5) is 24.2.